The molecule has 7 nitrogen and oxygen atoms in total. The second-order valence-electron chi connectivity index (χ2n) is 5.45. The number of nitrogens with zero attached hydrogens (tertiary/aromatic N) is 3. The predicted molar refractivity (Wildman–Crippen MR) is 109 cm³/mol. The number of rotatable bonds is 6. The van der Waals surface area contributed by atoms with Crippen LogP contribution >= 0.6 is 24.0 Å². The topological polar surface area (TPSA) is 83.9 Å². The summed E-state index contributed by atoms with van der Waals surface area (Å²) in [4.78, 5) is 12.0. The fourth-order valence-electron chi connectivity index (χ4n) is 2.20. The van der Waals surface area contributed by atoms with Gasteiger partial charge in [0.2, 0.25) is 5.91 Å². The molecule has 0 aliphatic rings. The number of nitrogens with one attached hydrogen (secondary N) is 3. The van der Waals surface area contributed by atoms with E-state index < -0.39 is 0 Å². The van der Waals surface area contributed by atoms with Gasteiger partial charge in [0, 0.05) is 12.2 Å². The Morgan fingerprint density at radius 2 is 1.74 bits per heavy atom. The summed E-state index contributed by atoms with van der Waals surface area (Å²) in [6.07, 6.45) is 1.62. The Labute approximate surface area is 166 Å². The van der Waals surface area contributed by atoms with Crippen LogP contribution in [0.2, 0.25) is 0 Å². The van der Waals surface area contributed by atoms with E-state index in [1.54, 1.807) is 6.33 Å². The number of carbonyl (C=O) groups is 1. The van der Waals surface area contributed by atoms with Crippen molar-refractivity contribution in [1.29, 1.82) is 0 Å². The van der Waals surface area contributed by atoms with Gasteiger partial charge in [-0.2, -0.15) is 0 Å². The van der Waals surface area contributed by atoms with E-state index in [0.29, 0.717) is 16.8 Å². The standard InChI is InChI=1S/C18H18N6OS2/c25-16(21-22-17(26)19-11-14-7-3-1-4-8-14)12-27-18-23-20-13-24(18)15-9-5-2-6-10-15/h1-10,13H,11-12H2,(H,21,25)(H2,19,22,26). The van der Waals surface area contributed by atoms with Crippen molar-refractivity contribution in [2.75, 3.05) is 5.75 Å². The van der Waals surface area contributed by atoms with Gasteiger partial charge in [-0.15, -0.1) is 10.2 Å². The van der Waals surface area contributed by atoms with E-state index >= 15 is 0 Å². The van der Waals surface area contributed by atoms with Gasteiger partial charge in [-0.05, 0) is 29.9 Å². The monoisotopic (exact) mass is 398 g/mol. The van der Waals surface area contributed by atoms with Gasteiger partial charge in [-0.3, -0.25) is 20.2 Å². The van der Waals surface area contributed by atoms with Crippen LogP contribution in [0.15, 0.2) is 72.1 Å². The molecule has 0 unspecified atom stereocenters. The highest BCUT2D eigenvalue weighted by molar-refractivity contribution is 7.99. The lowest BCUT2D eigenvalue weighted by atomic mass is 10.2. The summed E-state index contributed by atoms with van der Waals surface area (Å²) in [5.41, 5.74) is 7.30. The lowest BCUT2D eigenvalue weighted by Gasteiger charge is -2.11. The van der Waals surface area contributed by atoms with E-state index in [9.17, 15) is 4.79 Å². The highest BCUT2D eigenvalue weighted by Gasteiger charge is 2.10. The van der Waals surface area contributed by atoms with Crippen molar-refractivity contribution in [2.24, 2.45) is 0 Å². The summed E-state index contributed by atoms with van der Waals surface area (Å²) < 4.78 is 1.83. The third kappa shape index (κ3) is 5.80. The van der Waals surface area contributed by atoms with Gasteiger partial charge in [-0.25, -0.2) is 0 Å². The van der Waals surface area contributed by atoms with E-state index in [2.05, 4.69) is 26.4 Å². The normalized spacial score (nSPS) is 10.2. The molecule has 138 valence electrons. The molecular weight excluding hydrogens is 380 g/mol. The summed E-state index contributed by atoms with van der Waals surface area (Å²) in [5, 5.41) is 12.0. The molecule has 27 heavy (non-hydrogen) atoms. The first kappa shape index (κ1) is 18.9. The van der Waals surface area contributed by atoms with Crippen LogP contribution in [-0.2, 0) is 11.3 Å². The lowest BCUT2D eigenvalue weighted by Crippen LogP contribution is -2.47. The molecule has 1 amide bonds. The maximum Gasteiger partial charge on any atom is 0.248 e. The number of hydrogen-bond acceptors (Lipinski definition) is 5. The summed E-state index contributed by atoms with van der Waals surface area (Å²) in [5.74, 6) is -0.0358. The molecule has 0 radical (unpaired) electrons. The highest BCUT2D eigenvalue weighted by Crippen LogP contribution is 2.18. The van der Waals surface area contributed by atoms with E-state index in [1.165, 1.54) is 11.8 Å². The number of benzene rings is 2. The molecule has 3 aromatic rings. The minimum atomic E-state index is -0.216. The van der Waals surface area contributed by atoms with Crippen molar-refractivity contribution >= 4 is 35.0 Å². The molecule has 1 heterocycles. The minimum absolute atomic E-state index is 0.180. The number of thiocarbonyl (C=S) groups is 1. The average Bonchev–Trinajstić information content (AvgIpc) is 3.19. The second-order valence-corrected chi connectivity index (χ2v) is 6.80. The number of aromatic nitrogens is 3. The first-order chi connectivity index (χ1) is 13.2. The molecule has 3 rings (SSSR count). The molecule has 2 aromatic carbocycles. The molecule has 0 atom stereocenters. The Morgan fingerprint density at radius 1 is 1.04 bits per heavy atom. The summed E-state index contributed by atoms with van der Waals surface area (Å²) in [6.45, 7) is 0.581. The Hall–Kier alpha value is -2.91. The number of thioether (sulfide) groups is 1. The molecule has 0 fully saturated rings. The summed E-state index contributed by atoms with van der Waals surface area (Å²) >= 11 is 6.44. The quantitative estimate of drug-likeness (QED) is 0.333. The molecule has 3 N–H and O–H groups in total. The molecule has 0 aliphatic carbocycles. The van der Waals surface area contributed by atoms with Crippen LogP contribution in [0.25, 0.3) is 5.69 Å². The average molecular weight is 399 g/mol. The van der Waals surface area contributed by atoms with Crippen LogP contribution in [0, 0.1) is 0 Å². The van der Waals surface area contributed by atoms with E-state index in [1.807, 2.05) is 65.2 Å². The van der Waals surface area contributed by atoms with Crippen LogP contribution in [0.1, 0.15) is 5.56 Å². The van der Waals surface area contributed by atoms with Gasteiger partial charge in [0.05, 0.1) is 5.75 Å². The van der Waals surface area contributed by atoms with Crippen LogP contribution in [0.4, 0.5) is 0 Å². The first-order valence-electron chi connectivity index (χ1n) is 8.17. The number of hydrazine groups is 1. The van der Waals surface area contributed by atoms with Gasteiger partial charge >= 0.3 is 0 Å². The highest BCUT2D eigenvalue weighted by atomic mass is 32.2. The van der Waals surface area contributed by atoms with Crippen molar-refractivity contribution in [3.63, 3.8) is 0 Å². The van der Waals surface area contributed by atoms with Crippen LogP contribution in [0.5, 0.6) is 0 Å². The summed E-state index contributed by atoms with van der Waals surface area (Å²) in [6, 6.07) is 19.6. The summed E-state index contributed by atoms with van der Waals surface area (Å²) in [7, 11) is 0. The number of amides is 1. The molecule has 0 saturated heterocycles. The van der Waals surface area contributed by atoms with Crippen molar-refractivity contribution in [3.05, 3.63) is 72.6 Å². The van der Waals surface area contributed by atoms with Gasteiger partial charge in [0.1, 0.15) is 6.33 Å². The van der Waals surface area contributed by atoms with E-state index in [-0.39, 0.29) is 11.7 Å². The Balaban J connectivity index is 1.41. The predicted octanol–water partition coefficient (Wildman–Crippen LogP) is 2.05. The van der Waals surface area contributed by atoms with Crippen molar-refractivity contribution in [2.45, 2.75) is 11.7 Å². The molecule has 0 aliphatic heterocycles. The lowest BCUT2D eigenvalue weighted by molar-refractivity contribution is -0.119. The zero-order valence-corrected chi connectivity index (χ0v) is 16.0. The molecular formula is C18H18N6OS2. The van der Waals surface area contributed by atoms with Crippen LogP contribution < -0.4 is 16.2 Å². The Kier molecular flexibility index (Phi) is 6.78. The van der Waals surface area contributed by atoms with Gasteiger partial charge in [0.15, 0.2) is 10.3 Å². The first-order valence-corrected chi connectivity index (χ1v) is 9.56. The fraction of sp³-hybridized carbons (Fsp3) is 0.111. The van der Waals surface area contributed by atoms with Crippen LogP contribution in [-0.4, -0.2) is 31.5 Å². The van der Waals surface area contributed by atoms with E-state index in [0.717, 1.165) is 11.3 Å². The number of carbonyl (C=O) groups excluding carboxylic acids is 1. The van der Waals surface area contributed by atoms with Crippen molar-refractivity contribution < 1.29 is 4.79 Å². The zero-order chi connectivity index (χ0) is 18.9. The number of para-hydroxylation sites is 1. The molecule has 0 spiro atoms. The van der Waals surface area contributed by atoms with Crippen molar-refractivity contribution in [1.82, 2.24) is 30.9 Å². The third-order valence-corrected chi connectivity index (χ3v) is 4.68. The van der Waals surface area contributed by atoms with Crippen molar-refractivity contribution in [3.8, 4) is 5.69 Å². The Morgan fingerprint density at radius 3 is 2.48 bits per heavy atom. The van der Waals surface area contributed by atoms with E-state index in [4.69, 9.17) is 12.2 Å². The second kappa shape index (κ2) is 9.70. The van der Waals surface area contributed by atoms with Gasteiger partial charge < -0.3 is 5.32 Å². The smallest absolute Gasteiger partial charge is 0.248 e. The molecule has 9 heteroatoms. The SMILES string of the molecule is O=C(CSc1nncn1-c1ccccc1)NNC(=S)NCc1ccccc1. The third-order valence-electron chi connectivity index (χ3n) is 3.49. The molecule has 0 saturated carbocycles. The van der Waals surface area contributed by atoms with Gasteiger partial charge in [-0.1, -0.05) is 60.3 Å². The van der Waals surface area contributed by atoms with Crippen LogP contribution in [0.3, 0.4) is 0 Å². The largest absolute Gasteiger partial charge is 0.357 e. The minimum Gasteiger partial charge on any atom is -0.357 e. The van der Waals surface area contributed by atoms with Gasteiger partial charge in [0.25, 0.3) is 0 Å². The molecule has 0 bridgehead atoms. The number of hydrogen-bond donors (Lipinski definition) is 3. The zero-order valence-electron chi connectivity index (χ0n) is 14.3. The maximum absolute atomic E-state index is 12.0. The molecule has 1 aromatic heterocycles. The Bertz CT molecular complexity index is 885. The maximum atomic E-state index is 12.0. The fourth-order valence-corrected chi connectivity index (χ4v) is 3.06.